The van der Waals surface area contributed by atoms with E-state index in [2.05, 4.69) is 4.99 Å². The highest BCUT2D eigenvalue weighted by atomic mass is 35.5. The molecule has 0 saturated carbocycles. The van der Waals surface area contributed by atoms with E-state index < -0.39 is 0 Å². The lowest BCUT2D eigenvalue weighted by Crippen LogP contribution is -1.91. The molecule has 2 rings (SSSR count). The van der Waals surface area contributed by atoms with Gasteiger partial charge in [0.1, 0.15) is 5.75 Å². The first kappa shape index (κ1) is 13.9. The first-order chi connectivity index (χ1) is 9.08. The number of halogens is 2. The summed E-state index contributed by atoms with van der Waals surface area (Å²) in [6.45, 7) is 1.98. The van der Waals surface area contributed by atoms with Gasteiger partial charge in [-0.3, -0.25) is 4.99 Å². The van der Waals surface area contributed by atoms with Crippen LogP contribution in [0, 0.1) is 0 Å². The first-order valence-electron chi connectivity index (χ1n) is 5.84. The average molecular weight is 294 g/mol. The standard InChI is InChI=1S/C15H13Cl2NO/c1-10(11-5-3-2-4-6-11)18-9-12-7-13(16)8-14(17)15(12)19/h2-10,19H,1H3/t10-/m0/s1. The molecule has 98 valence electrons. The SMILES string of the molecule is C[C@H](N=Cc1cc(Cl)cc(Cl)c1O)c1ccccc1. The van der Waals surface area contributed by atoms with Gasteiger partial charge in [0.15, 0.2) is 0 Å². The lowest BCUT2D eigenvalue weighted by molar-refractivity contribution is 0.474. The van der Waals surface area contributed by atoms with Gasteiger partial charge in [0, 0.05) is 16.8 Å². The summed E-state index contributed by atoms with van der Waals surface area (Å²) in [4.78, 5) is 4.41. The summed E-state index contributed by atoms with van der Waals surface area (Å²) in [5.74, 6) is -0.00456. The number of hydrogen-bond acceptors (Lipinski definition) is 2. The minimum absolute atomic E-state index is 0.00152. The molecule has 4 heteroatoms. The Morgan fingerprint density at radius 2 is 1.84 bits per heavy atom. The maximum absolute atomic E-state index is 9.82. The molecule has 0 aromatic heterocycles. The zero-order valence-electron chi connectivity index (χ0n) is 10.3. The highest BCUT2D eigenvalue weighted by Crippen LogP contribution is 2.30. The van der Waals surface area contributed by atoms with Crippen molar-refractivity contribution in [1.29, 1.82) is 0 Å². The van der Waals surface area contributed by atoms with Crippen LogP contribution in [0.4, 0.5) is 0 Å². The van der Waals surface area contributed by atoms with Crippen molar-refractivity contribution in [2.45, 2.75) is 13.0 Å². The molecule has 2 aromatic rings. The number of phenols is 1. The molecular formula is C15H13Cl2NO. The Bertz CT molecular complexity index is 597. The van der Waals surface area contributed by atoms with E-state index in [-0.39, 0.29) is 16.8 Å². The van der Waals surface area contributed by atoms with Crippen molar-refractivity contribution in [3.8, 4) is 5.75 Å². The van der Waals surface area contributed by atoms with E-state index >= 15 is 0 Å². The predicted molar refractivity (Wildman–Crippen MR) is 80.6 cm³/mol. The molecule has 1 N–H and O–H groups in total. The largest absolute Gasteiger partial charge is 0.506 e. The van der Waals surface area contributed by atoms with Crippen LogP contribution in [0.15, 0.2) is 47.5 Å². The van der Waals surface area contributed by atoms with Crippen molar-refractivity contribution in [3.05, 3.63) is 63.6 Å². The van der Waals surface area contributed by atoms with Crippen molar-refractivity contribution in [2.75, 3.05) is 0 Å². The van der Waals surface area contributed by atoms with E-state index in [1.165, 1.54) is 6.07 Å². The van der Waals surface area contributed by atoms with E-state index in [1.54, 1.807) is 12.3 Å². The van der Waals surface area contributed by atoms with E-state index in [1.807, 2.05) is 37.3 Å². The average Bonchev–Trinajstić information content (AvgIpc) is 2.41. The lowest BCUT2D eigenvalue weighted by Gasteiger charge is -2.07. The van der Waals surface area contributed by atoms with Crippen LogP contribution in [-0.4, -0.2) is 11.3 Å². The minimum Gasteiger partial charge on any atom is -0.506 e. The molecule has 0 heterocycles. The van der Waals surface area contributed by atoms with Crippen LogP contribution in [0.5, 0.6) is 5.75 Å². The third kappa shape index (κ3) is 3.49. The van der Waals surface area contributed by atoms with Crippen molar-refractivity contribution < 1.29 is 5.11 Å². The monoisotopic (exact) mass is 293 g/mol. The van der Waals surface area contributed by atoms with Crippen LogP contribution in [-0.2, 0) is 0 Å². The third-order valence-electron chi connectivity index (χ3n) is 2.78. The van der Waals surface area contributed by atoms with Crippen molar-refractivity contribution >= 4 is 29.4 Å². The van der Waals surface area contributed by atoms with E-state index in [9.17, 15) is 5.11 Å². The molecule has 0 bridgehead atoms. The second kappa shape index (κ2) is 6.09. The highest BCUT2D eigenvalue weighted by Gasteiger charge is 2.07. The summed E-state index contributed by atoms with van der Waals surface area (Å²) in [6.07, 6.45) is 1.59. The normalized spacial score (nSPS) is 12.8. The molecule has 2 aromatic carbocycles. The van der Waals surface area contributed by atoms with Crippen molar-refractivity contribution in [3.63, 3.8) is 0 Å². The van der Waals surface area contributed by atoms with Gasteiger partial charge in [0.2, 0.25) is 0 Å². The molecule has 0 aliphatic heterocycles. The van der Waals surface area contributed by atoms with Crippen LogP contribution in [0.2, 0.25) is 10.0 Å². The van der Waals surface area contributed by atoms with Gasteiger partial charge < -0.3 is 5.11 Å². The maximum atomic E-state index is 9.82. The second-order valence-corrected chi connectivity index (χ2v) is 5.03. The molecule has 0 saturated heterocycles. The Morgan fingerprint density at radius 3 is 2.53 bits per heavy atom. The molecule has 19 heavy (non-hydrogen) atoms. The van der Waals surface area contributed by atoms with Gasteiger partial charge in [-0.05, 0) is 24.6 Å². The van der Waals surface area contributed by atoms with Gasteiger partial charge in [-0.25, -0.2) is 0 Å². The maximum Gasteiger partial charge on any atom is 0.143 e. The predicted octanol–water partition coefficient (Wildman–Crippen LogP) is 4.88. The van der Waals surface area contributed by atoms with Gasteiger partial charge in [0.05, 0.1) is 11.1 Å². The topological polar surface area (TPSA) is 32.6 Å². The number of aliphatic imine (C=N–C) groups is 1. The number of aromatic hydroxyl groups is 1. The fourth-order valence-electron chi connectivity index (χ4n) is 1.69. The van der Waals surface area contributed by atoms with Gasteiger partial charge in [-0.1, -0.05) is 53.5 Å². The Labute approximate surface area is 122 Å². The van der Waals surface area contributed by atoms with Gasteiger partial charge >= 0.3 is 0 Å². The van der Waals surface area contributed by atoms with E-state index in [0.29, 0.717) is 10.6 Å². The van der Waals surface area contributed by atoms with Crippen molar-refractivity contribution in [1.82, 2.24) is 0 Å². The van der Waals surface area contributed by atoms with Crippen LogP contribution >= 0.6 is 23.2 Å². The van der Waals surface area contributed by atoms with Crippen molar-refractivity contribution in [2.24, 2.45) is 4.99 Å². The summed E-state index contributed by atoms with van der Waals surface area (Å²) >= 11 is 11.8. The summed E-state index contributed by atoms with van der Waals surface area (Å²) in [5.41, 5.74) is 1.62. The van der Waals surface area contributed by atoms with Crippen LogP contribution in [0.25, 0.3) is 0 Å². The van der Waals surface area contributed by atoms with E-state index in [0.717, 1.165) is 5.56 Å². The molecule has 0 unspecified atom stereocenters. The molecule has 0 radical (unpaired) electrons. The van der Waals surface area contributed by atoms with E-state index in [4.69, 9.17) is 23.2 Å². The van der Waals surface area contributed by atoms with Crippen LogP contribution < -0.4 is 0 Å². The summed E-state index contributed by atoms with van der Waals surface area (Å²) in [7, 11) is 0. The number of nitrogens with zero attached hydrogens (tertiary/aromatic N) is 1. The van der Waals surface area contributed by atoms with Crippen LogP contribution in [0.1, 0.15) is 24.1 Å². The minimum atomic E-state index is -0.00456. The quantitative estimate of drug-likeness (QED) is 0.804. The zero-order valence-corrected chi connectivity index (χ0v) is 11.9. The second-order valence-electron chi connectivity index (χ2n) is 4.19. The fraction of sp³-hybridized carbons (Fsp3) is 0.133. The lowest BCUT2D eigenvalue weighted by atomic mass is 10.1. The van der Waals surface area contributed by atoms with Gasteiger partial charge in [-0.15, -0.1) is 0 Å². The number of benzene rings is 2. The van der Waals surface area contributed by atoms with Gasteiger partial charge in [0.25, 0.3) is 0 Å². The van der Waals surface area contributed by atoms with Crippen LogP contribution in [0.3, 0.4) is 0 Å². The number of phenolic OH excluding ortho intramolecular Hbond substituents is 1. The third-order valence-corrected chi connectivity index (χ3v) is 3.28. The summed E-state index contributed by atoms with van der Waals surface area (Å²) < 4.78 is 0. The molecule has 0 fully saturated rings. The molecule has 0 spiro atoms. The molecule has 0 aliphatic carbocycles. The smallest absolute Gasteiger partial charge is 0.143 e. The zero-order chi connectivity index (χ0) is 13.8. The Kier molecular flexibility index (Phi) is 4.46. The summed E-state index contributed by atoms with van der Waals surface area (Å²) in [5, 5.41) is 10.5. The molecule has 2 nitrogen and oxygen atoms in total. The molecule has 1 atom stereocenters. The molecular weight excluding hydrogens is 281 g/mol. The first-order valence-corrected chi connectivity index (χ1v) is 6.59. The molecule has 0 amide bonds. The highest BCUT2D eigenvalue weighted by molar-refractivity contribution is 6.36. The number of rotatable bonds is 3. The molecule has 0 aliphatic rings. The van der Waals surface area contributed by atoms with Gasteiger partial charge in [-0.2, -0.15) is 0 Å². The Morgan fingerprint density at radius 1 is 1.16 bits per heavy atom. The Balaban J connectivity index is 2.24. The Hall–Kier alpha value is -1.51. The number of hydrogen-bond donors (Lipinski definition) is 1. The fourth-order valence-corrected chi connectivity index (χ4v) is 2.20. The summed E-state index contributed by atoms with van der Waals surface area (Å²) in [6, 6.07) is 13.0.